The van der Waals surface area contributed by atoms with Crippen molar-refractivity contribution in [3.05, 3.63) is 66.9 Å². The topological polar surface area (TPSA) is 37.5 Å². The Kier molecular flexibility index (Phi) is 4.01. The SMILES string of the molecule is COc1ccc(N(c2ccc(OC)cc2)c2ccc[nH]2)cc1. The summed E-state index contributed by atoms with van der Waals surface area (Å²) in [6.07, 6.45) is 1.91. The highest BCUT2D eigenvalue weighted by Gasteiger charge is 2.13. The lowest BCUT2D eigenvalue weighted by atomic mass is 10.2. The largest absolute Gasteiger partial charge is 0.497 e. The summed E-state index contributed by atoms with van der Waals surface area (Å²) in [4.78, 5) is 5.39. The van der Waals surface area contributed by atoms with E-state index in [2.05, 4.69) is 9.88 Å². The molecule has 0 amide bonds. The Morgan fingerprint density at radius 3 is 1.59 bits per heavy atom. The van der Waals surface area contributed by atoms with Gasteiger partial charge in [0.2, 0.25) is 0 Å². The molecule has 0 bridgehead atoms. The van der Waals surface area contributed by atoms with Crippen LogP contribution in [0.15, 0.2) is 66.9 Å². The van der Waals surface area contributed by atoms with Crippen molar-refractivity contribution in [1.29, 1.82) is 0 Å². The van der Waals surface area contributed by atoms with Crippen molar-refractivity contribution in [3.63, 3.8) is 0 Å². The molecule has 112 valence electrons. The van der Waals surface area contributed by atoms with Gasteiger partial charge in [-0.05, 0) is 60.7 Å². The van der Waals surface area contributed by atoms with Gasteiger partial charge in [-0.3, -0.25) is 4.90 Å². The van der Waals surface area contributed by atoms with E-state index in [9.17, 15) is 0 Å². The normalized spacial score (nSPS) is 10.3. The molecule has 0 atom stereocenters. The minimum Gasteiger partial charge on any atom is -0.497 e. The maximum Gasteiger partial charge on any atom is 0.119 e. The molecule has 0 aliphatic heterocycles. The molecule has 22 heavy (non-hydrogen) atoms. The molecule has 1 aromatic heterocycles. The van der Waals surface area contributed by atoms with Crippen LogP contribution in [0.1, 0.15) is 0 Å². The van der Waals surface area contributed by atoms with Gasteiger partial charge in [-0.25, -0.2) is 0 Å². The van der Waals surface area contributed by atoms with E-state index in [-0.39, 0.29) is 0 Å². The maximum absolute atomic E-state index is 5.23. The lowest BCUT2D eigenvalue weighted by Crippen LogP contribution is -2.10. The number of rotatable bonds is 5. The van der Waals surface area contributed by atoms with E-state index in [0.29, 0.717) is 0 Å². The van der Waals surface area contributed by atoms with Crippen molar-refractivity contribution in [1.82, 2.24) is 4.98 Å². The second-order valence-corrected chi connectivity index (χ2v) is 4.79. The van der Waals surface area contributed by atoms with Crippen molar-refractivity contribution in [3.8, 4) is 11.5 Å². The molecule has 0 fully saturated rings. The number of nitrogens with zero attached hydrogens (tertiary/aromatic N) is 1. The van der Waals surface area contributed by atoms with E-state index in [0.717, 1.165) is 28.7 Å². The molecule has 3 aromatic rings. The summed E-state index contributed by atoms with van der Waals surface area (Å²) in [7, 11) is 3.34. The highest BCUT2D eigenvalue weighted by Crippen LogP contribution is 2.34. The number of methoxy groups -OCH3 is 2. The Labute approximate surface area is 129 Å². The lowest BCUT2D eigenvalue weighted by molar-refractivity contribution is 0.415. The van der Waals surface area contributed by atoms with Gasteiger partial charge in [0.25, 0.3) is 0 Å². The third-order valence-corrected chi connectivity index (χ3v) is 3.48. The average Bonchev–Trinajstić information content (AvgIpc) is 3.10. The zero-order chi connectivity index (χ0) is 15.4. The molecule has 0 aliphatic rings. The lowest BCUT2D eigenvalue weighted by Gasteiger charge is -2.24. The third-order valence-electron chi connectivity index (χ3n) is 3.48. The van der Waals surface area contributed by atoms with Crippen LogP contribution in [0, 0.1) is 0 Å². The van der Waals surface area contributed by atoms with E-state index < -0.39 is 0 Å². The van der Waals surface area contributed by atoms with E-state index in [1.165, 1.54) is 0 Å². The predicted molar refractivity (Wildman–Crippen MR) is 88.6 cm³/mol. The van der Waals surface area contributed by atoms with Gasteiger partial charge in [-0.2, -0.15) is 0 Å². The van der Waals surface area contributed by atoms with Gasteiger partial charge >= 0.3 is 0 Å². The molecule has 4 nitrogen and oxygen atoms in total. The maximum atomic E-state index is 5.23. The minimum atomic E-state index is 0.838. The first-order valence-electron chi connectivity index (χ1n) is 7.03. The molecule has 0 saturated carbocycles. The van der Waals surface area contributed by atoms with Crippen LogP contribution in [0.5, 0.6) is 11.5 Å². The number of aromatic amines is 1. The van der Waals surface area contributed by atoms with Gasteiger partial charge in [0.05, 0.1) is 14.2 Å². The fraction of sp³-hybridized carbons (Fsp3) is 0.111. The number of hydrogen-bond acceptors (Lipinski definition) is 3. The minimum absolute atomic E-state index is 0.838. The van der Waals surface area contributed by atoms with E-state index in [1.54, 1.807) is 14.2 Å². The van der Waals surface area contributed by atoms with Crippen LogP contribution in [-0.4, -0.2) is 19.2 Å². The van der Waals surface area contributed by atoms with Crippen molar-refractivity contribution in [2.75, 3.05) is 19.1 Å². The van der Waals surface area contributed by atoms with Crippen LogP contribution in [0.2, 0.25) is 0 Å². The molecule has 0 aliphatic carbocycles. The molecular formula is C18H18N2O2. The summed E-state index contributed by atoms with van der Waals surface area (Å²) in [6, 6.07) is 20.0. The molecule has 0 spiro atoms. The molecule has 3 rings (SSSR count). The second-order valence-electron chi connectivity index (χ2n) is 4.79. The van der Waals surface area contributed by atoms with Crippen LogP contribution >= 0.6 is 0 Å². The Bertz CT molecular complexity index is 656. The molecule has 0 unspecified atom stereocenters. The van der Waals surface area contributed by atoms with Crippen molar-refractivity contribution >= 4 is 17.2 Å². The number of nitrogens with one attached hydrogen (secondary N) is 1. The fourth-order valence-corrected chi connectivity index (χ4v) is 2.35. The molecule has 1 heterocycles. The first-order chi connectivity index (χ1) is 10.8. The summed E-state index contributed by atoms with van der Waals surface area (Å²) >= 11 is 0. The van der Waals surface area contributed by atoms with Crippen LogP contribution < -0.4 is 14.4 Å². The fourth-order valence-electron chi connectivity index (χ4n) is 2.35. The van der Waals surface area contributed by atoms with Gasteiger partial charge in [0, 0.05) is 17.6 Å². The van der Waals surface area contributed by atoms with Crippen LogP contribution in [0.3, 0.4) is 0 Å². The summed E-state index contributed by atoms with van der Waals surface area (Å²) in [5.74, 6) is 2.67. The zero-order valence-corrected chi connectivity index (χ0v) is 12.6. The predicted octanol–water partition coefficient (Wildman–Crippen LogP) is 4.50. The number of H-pyrrole nitrogens is 1. The molecule has 0 radical (unpaired) electrons. The van der Waals surface area contributed by atoms with Gasteiger partial charge in [-0.1, -0.05) is 0 Å². The number of ether oxygens (including phenoxy) is 2. The van der Waals surface area contributed by atoms with Crippen LogP contribution in [0.25, 0.3) is 0 Å². The number of hydrogen-bond donors (Lipinski definition) is 1. The monoisotopic (exact) mass is 294 g/mol. The van der Waals surface area contributed by atoms with Gasteiger partial charge in [-0.15, -0.1) is 0 Å². The molecular weight excluding hydrogens is 276 g/mol. The molecule has 2 aromatic carbocycles. The van der Waals surface area contributed by atoms with Crippen LogP contribution in [-0.2, 0) is 0 Å². The van der Waals surface area contributed by atoms with Crippen molar-refractivity contribution in [2.45, 2.75) is 0 Å². The summed E-state index contributed by atoms with van der Waals surface area (Å²) in [6.45, 7) is 0. The molecule has 4 heteroatoms. The Balaban J connectivity index is 2.02. The average molecular weight is 294 g/mol. The van der Waals surface area contributed by atoms with Gasteiger partial charge < -0.3 is 14.5 Å². The first kappa shape index (κ1) is 14.1. The highest BCUT2D eigenvalue weighted by atomic mass is 16.5. The number of aromatic nitrogens is 1. The highest BCUT2D eigenvalue weighted by molar-refractivity contribution is 5.75. The smallest absolute Gasteiger partial charge is 0.119 e. The molecule has 1 N–H and O–H groups in total. The second kappa shape index (κ2) is 6.26. The number of anilines is 3. The van der Waals surface area contributed by atoms with E-state index in [1.807, 2.05) is 66.9 Å². The van der Waals surface area contributed by atoms with Crippen molar-refractivity contribution in [2.24, 2.45) is 0 Å². The van der Waals surface area contributed by atoms with Crippen LogP contribution in [0.4, 0.5) is 17.2 Å². The Hall–Kier alpha value is -2.88. The standard InChI is InChI=1S/C18H18N2O2/c1-21-16-9-5-14(6-10-16)20(18-4-3-13-19-18)15-7-11-17(22-2)12-8-15/h3-13,19H,1-2H3. The van der Waals surface area contributed by atoms with Gasteiger partial charge in [0.1, 0.15) is 17.3 Å². The quantitative estimate of drug-likeness (QED) is 0.752. The third kappa shape index (κ3) is 2.76. The summed E-state index contributed by atoms with van der Waals surface area (Å²) in [5, 5.41) is 0. The first-order valence-corrected chi connectivity index (χ1v) is 7.03. The molecule has 0 saturated heterocycles. The van der Waals surface area contributed by atoms with E-state index >= 15 is 0 Å². The summed E-state index contributed by atoms with van der Waals surface area (Å²) in [5.41, 5.74) is 2.10. The zero-order valence-electron chi connectivity index (χ0n) is 12.6. The Morgan fingerprint density at radius 1 is 0.727 bits per heavy atom. The van der Waals surface area contributed by atoms with Gasteiger partial charge in [0.15, 0.2) is 0 Å². The number of benzene rings is 2. The Morgan fingerprint density at radius 2 is 1.23 bits per heavy atom. The summed E-state index contributed by atoms with van der Waals surface area (Å²) < 4.78 is 10.5. The van der Waals surface area contributed by atoms with E-state index in [4.69, 9.17) is 9.47 Å². The van der Waals surface area contributed by atoms with Crippen molar-refractivity contribution < 1.29 is 9.47 Å².